The summed E-state index contributed by atoms with van der Waals surface area (Å²) in [6.45, 7) is 0. The second kappa shape index (κ2) is 12.3. The Labute approximate surface area is 113 Å². The molecule has 0 heterocycles. The zero-order valence-electron chi connectivity index (χ0n) is 5.22. The Kier molecular flexibility index (Phi) is 25.9. The topological polar surface area (TPSA) is 98.0 Å². The average Bonchev–Trinajstić information content (AvgIpc) is 1.19. The molecular weight excluding hydrogens is 236 g/mol. The fourth-order valence-electron chi connectivity index (χ4n) is 0. The van der Waals surface area contributed by atoms with E-state index in [4.69, 9.17) is 19.2 Å². The summed E-state index contributed by atoms with van der Waals surface area (Å²) >= 11 is -3.12. The Morgan fingerprint density at radius 2 is 1.09 bits per heavy atom. The van der Waals surface area contributed by atoms with Gasteiger partial charge in [0.2, 0.25) is 0 Å². The standard InChI is InChI=1S/C2H7AsO2.BH3O3.2Na.2H/c1-3(2,4)5;2-1(3)4;;;;/h1-2H3,(H,4,5);2-4H;;;;. The zero-order chi connectivity index (χ0) is 8.08. The molecule has 0 atom stereocenters. The summed E-state index contributed by atoms with van der Waals surface area (Å²) in [6, 6.07) is 0. The van der Waals surface area contributed by atoms with Crippen molar-refractivity contribution in [2.45, 2.75) is 11.4 Å². The first-order chi connectivity index (χ1) is 3.73. The van der Waals surface area contributed by atoms with E-state index in [1.54, 1.807) is 0 Å². The SMILES string of the molecule is C[As](C)(=O)O.OB(O)O.[NaH].[NaH]. The van der Waals surface area contributed by atoms with Gasteiger partial charge in [-0.05, 0) is 0 Å². The van der Waals surface area contributed by atoms with Crippen LogP contribution in [0.15, 0.2) is 0 Å². The van der Waals surface area contributed by atoms with Crippen LogP contribution in [0.4, 0.5) is 0 Å². The molecule has 0 aromatic heterocycles. The predicted molar refractivity (Wildman–Crippen MR) is 47.1 cm³/mol. The second-order valence-electron chi connectivity index (χ2n) is 1.64. The first-order valence-electron chi connectivity index (χ1n) is 2.05. The molecule has 11 heavy (non-hydrogen) atoms. The van der Waals surface area contributed by atoms with E-state index in [0.717, 1.165) is 0 Å². The molecule has 0 spiro atoms. The molecule has 4 N–H and O–H groups in total. The van der Waals surface area contributed by atoms with E-state index in [1.165, 1.54) is 11.4 Å². The summed E-state index contributed by atoms with van der Waals surface area (Å²) in [5, 5.41) is 21.5. The second-order valence-corrected chi connectivity index (χ2v) is 7.07. The van der Waals surface area contributed by atoms with Gasteiger partial charge in [-0.25, -0.2) is 0 Å². The van der Waals surface area contributed by atoms with Gasteiger partial charge in [0.1, 0.15) is 0 Å². The van der Waals surface area contributed by atoms with Gasteiger partial charge in [0.15, 0.2) is 0 Å². The van der Waals surface area contributed by atoms with Crippen molar-refractivity contribution in [2.75, 3.05) is 0 Å². The van der Waals surface area contributed by atoms with Crippen molar-refractivity contribution < 1.29 is 22.9 Å². The third kappa shape index (κ3) is 252. The molecule has 0 aliphatic rings. The predicted octanol–water partition coefficient (Wildman–Crippen LogP) is -3.24. The first-order valence-corrected chi connectivity index (χ1v) is 7.41. The van der Waals surface area contributed by atoms with Gasteiger partial charge in [0, 0.05) is 0 Å². The molecule has 0 amide bonds. The molecule has 9 heteroatoms. The molecule has 0 aromatic rings. The van der Waals surface area contributed by atoms with E-state index in [1.807, 2.05) is 0 Å². The van der Waals surface area contributed by atoms with E-state index in [9.17, 15) is 3.74 Å². The van der Waals surface area contributed by atoms with Crippen molar-refractivity contribution in [3.05, 3.63) is 0 Å². The van der Waals surface area contributed by atoms with Crippen molar-refractivity contribution in [2.24, 2.45) is 0 Å². The van der Waals surface area contributed by atoms with Gasteiger partial charge >= 0.3 is 99.5 Å². The van der Waals surface area contributed by atoms with E-state index >= 15 is 0 Å². The average molecular weight is 248 g/mol. The summed E-state index contributed by atoms with van der Waals surface area (Å²) in [5.74, 6) is 0. The molecule has 60 valence electrons. The summed E-state index contributed by atoms with van der Waals surface area (Å²) in [7, 11) is -2.17. The quantitative estimate of drug-likeness (QED) is 0.338. The molecule has 0 aromatic carbocycles. The molecule has 5 nitrogen and oxygen atoms in total. The van der Waals surface area contributed by atoms with Crippen LogP contribution in [0.1, 0.15) is 0 Å². The Morgan fingerprint density at radius 3 is 1.09 bits per heavy atom. The summed E-state index contributed by atoms with van der Waals surface area (Å²) in [4.78, 5) is 0. The molecule has 0 unspecified atom stereocenters. The van der Waals surface area contributed by atoms with Gasteiger partial charge in [0.25, 0.3) is 0 Å². The fourth-order valence-corrected chi connectivity index (χ4v) is 0. The van der Waals surface area contributed by atoms with Gasteiger partial charge in [-0.15, -0.1) is 0 Å². The van der Waals surface area contributed by atoms with Crippen LogP contribution >= 0.6 is 0 Å². The Balaban J connectivity index is -0.0000000383. The number of rotatable bonds is 0. The van der Waals surface area contributed by atoms with Crippen LogP contribution < -0.4 is 0 Å². The summed E-state index contributed by atoms with van der Waals surface area (Å²) in [6.07, 6.45) is 0. The van der Waals surface area contributed by atoms with Gasteiger partial charge in [-0.1, -0.05) is 0 Å². The molecule has 0 bridgehead atoms. The van der Waals surface area contributed by atoms with Gasteiger partial charge < -0.3 is 15.1 Å². The molecule has 0 radical (unpaired) electrons. The van der Waals surface area contributed by atoms with Crippen LogP contribution in [-0.2, 0) is 3.74 Å². The third-order valence-corrected chi connectivity index (χ3v) is 0. The number of hydrogen-bond donors (Lipinski definition) is 4. The molecule has 0 saturated carbocycles. The van der Waals surface area contributed by atoms with Crippen LogP contribution in [0.3, 0.4) is 0 Å². The maximum atomic E-state index is 9.83. The van der Waals surface area contributed by atoms with Crippen molar-refractivity contribution in [1.29, 1.82) is 0 Å². The van der Waals surface area contributed by atoms with E-state index < -0.39 is 21.2 Å². The Morgan fingerprint density at radius 1 is 1.09 bits per heavy atom. The normalized spacial score (nSPS) is 7.82. The van der Waals surface area contributed by atoms with Crippen molar-refractivity contribution in [3.8, 4) is 0 Å². The monoisotopic (exact) mass is 248 g/mol. The van der Waals surface area contributed by atoms with Crippen LogP contribution in [0.2, 0.25) is 11.4 Å². The Bertz CT molecular complexity index is 93.6. The molecule has 0 rings (SSSR count). The molecule has 0 saturated heterocycles. The molecule has 0 fully saturated rings. The minimum atomic E-state index is -3.12. The van der Waals surface area contributed by atoms with Crippen LogP contribution in [0.5, 0.6) is 0 Å². The molecule has 0 aliphatic carbocycles. The Hall–Kier alpha value is 2.26. The van der Waals surface area contributed by atoms with Crippen molar-refractivity contribution in [3.63, 3.8) is 0 Å². The maximum absolute atomic E-state index is 9.83. The van der Waals surface area contributed by atoms with E-state index in [-0.39, 0.29) is 59.1 Å². The molecule has 0 aliphatic heterocycles. The van der Waals surface area contributed by atoms with Crippen LogP contribution in [0.25, 0.3) is 0 Å². The van der Waals surface area contributed by atoms with Crippen molar-refractivity contribution in [1.82, 2.24) is 0 Å². The fraction of sp³-hybridized carbons (Fsp3) is 1.00. The third-order valence-electron chi connectivity index (χ3n) is 0. The van der Waals surface area contributed by atoms with Crippen LogP contribution in [0, 0.1) is 0 Å². The van der Waals surface area contributed by atoms with Gasteiger partial charge in [0.05, 0.1) is 0 Å². The number of hydrogen-bond acceptors (Lipinski definition) is 4. The minimum absolute atomic E-state index is 0. The summed E-state index contributed by atoms with van der Waals surface area (Å²) in [5.41, 5.74) is 2.72. The zero-order valence-corrected chi connectivity index (χ0v) is 7.10. The van der Waals surface area contributed by atoms with E-state index in [0.29, 0.717) is 0 Å². The van der Waals surface area contributed by atoms with Gasteiger partial charge in [-0.3, -0.25) is 0 Å². The first kappa shape index (κ1) is 23.2. The van der Waals surface area contributed by atoms with Crippen molar-refractivity contribution >= 4 is 80.3 Å². The van der Waals surface area contributed by atoms with E-state index in [2.05, 4.69) is 0 Å². The van der Waals surface area contributed by atoms with Crippen LogP contribution in [-0.4, -0.2) is 99.4 Å². The molecular formula is C2H12AsBNa2O5. The summed E-state index contributed by atoms with van der Waals surface area (Å²) < 4.78 is 18.0. The van der Waals surface area contributed by atoms with Gasteiger partial charge in [-0.2, -0.15) is 0 Å².